The summed E-state index contributed by atoms with van der Waals surface area (Å²) in [6, 6.07) is 14.1. The topological polar surface area (TPSA) is 64.0 Å². The van der Waals surface area contributed by atoms with Crippen molar-refractivity contribution in [2.75, 3.05) is 57.4 Å². The Hall–Kier alpha value is -3.68. The number of carbonyl (C=O) groups excluding carboxylic acids is 2. The monoisotopic (exact) mass is 529 g/mol. The molecule has 2 aromatic carbocycles. The van der Waals surface area contributed by atoms with Gasteiger partial charge in [0.25, 0.3) is 0 Å². The number of benzene rings is 2. The predicted molar refractivity (Wildman–Crippen MR) is 158 cm³/mol. The van der Waals surface area contributed by atoms with Gasteiger partial charge in [-0.3, -0.25) is 14.5 Å². The maximum Gasteiger partial charge on any atom is 0.163 e. The zero-order valence-electron chi connectivity index (χ0n) is 23.3. The summed E-state index contributed by atoms with van der Waals surface area (Å²) in [7, 11) is 1.99. The van der Waals surface area contributed by atoms with Gasteiger partial charge in [0.2, 0.25) is 0 Å². The Labute approximate surface area is 231 Å². The number of aryl methyl sites for hydroxylation is 1. The molecule has 3 aromatic rings. The molecule has 4 rings (SSSR count). The Bertz CT molecular complexity index is 1330. The average Bonchev–Trinajstić information content (AvgIpc) is 3.32. The molecule has 0 N–H and O–H groups in total. The number of anilines is 1. The maximum absolute atomic E-state index is 12.6. The van der Waals surface area contributed by atoms with Crippen LogP contribution < -0.4 is 9.64 Å². The van der Waals surface area contributed by atoms with Gasteiger partial charge in [0.15, 0.2) is 11.6 Å². The normalized spacial score (nSPS) is 14.4. The number of hydrogen-bond acceptors (Lipinski definition) is 6. The minimum Gasteiger partial charge on any atom is -0.492 e. The van der Waals surface area contributed by atoms with Crippen LogP contribution in [0.4, 0.5) is 5.69 Å². The summed E-state index contributed by atoms with van der Waals surface area (Å²) in [5, 5.41) is 1.15. The van der Waals surface area contributed by atoms with E-state index in [0.717, 1.165) is 79.4 Å². The maximum atomic E-state index is 12.6. The summed E-state index contributed by atoms with van der Waals surface area (Å²) in [5.41, 5.74) is 3.92. The van der Waals surface area contributed by atoms with Crippen molar-refractivity contribution in [1.82, 2.24) is 9.47 Å². The van der Waals surface area contributed by atoms with Crippen LogP contribution in [0.2, 0.25) is 0 Å². The molecular weight excluding hydrogens is 490 g/mol. The van der Waals surface area contributed by atoms with Crippen molar-refractivity contribution in [3.8, 4) is 5.75 Å². The zero-order valence-corrected chi connectivity index (χ0v) is 23.3. The van der Waals surface area contributed by atoms with E-state index >= 15 is 0 Å². The quantitative estimate of drug-likeness (QED) is 0.230. The number of nitrogens with zero attached hydrogens (tertiary/aromatic N) is 3. The first kappa shape index (κ1) is 28.3. The molecule has 206 valence electrons. The van der Waals surface area contributed by atoms with E-state index in [9.17, 15) is 9.59 Å². The van der Waals surface area contributed by atoms with E-state index in [1.165, 1.54) is 12.2 Å². The highest BCUT2D eigenvalue weighted by atomic mass is 16.5. The second-order valence-corrected chi connectivity index (χ2v) is 9.72. The summed E-state index contributed by atoms with van der Waals surface area (Å²) in [6.07, 6.45) is 8.30. The van der Waals surface area contributed by atoms with Gasteiger partial charge < -0.3 is 18.9 Å². The van der Waals surface area contributed by atoms with E-state index < -0.39 is 0 Å². The summed E-state index contributed by atoms with van der Waals surface area (Å²) < 4.78 is 13.7. The summed E-state index contributed by atoms with van der Waals surface area (Å²) in [6.45, 7) is 10.7. The Morgan fingerprint density at radius 2 is 1.72 bits per heavy atom. The van der Waals surface area contributed by atoms with E-state index in [4.69, 9.17) is 9.47 Å². The molecule has 7 heteroatoms. The number of ether oxygens (including phenoxy) is 2. The van der Waals surface area contributed by atoms with Crippen LogP contribution in [-0.2, 0) is 21.4 Å². The number of aromatic nitrogens is 1. The van der Waals surface area contributed by atoms with Gasteiger partial charge >= 0.3 is 0 Å². The molecule has 0 saturated carbocycles. The molecule has 0 radical (unpaired) electrons. The van der Waals surface area contributed by atoms with Crippen LogP contribution in [0.15, 0.2) is 60.8 Å². The number of carbonyl (C=O) groups is 2. The highest BCUT2D eigenvalue weighted by Crippen LogP contribution is 2.27. The van der Waals surface area contributed by atoms with Gasteiger partial charge in [-0.1, -0.05) is 18.2 Å². The Morgan fingerprint density at radius 3 is 2.46 bits per heavy atom. The van der Waals surface area contributed by atoms with E-state index in [1.807, 2.05) is 54.2 Å². The smallest absolute Gasteiger partial charge is 0.163 e. The van der Waals surface area contributed by atoms with Crippen molar-refractivity contribution < 1.29 is 19.1 Å². The lowest BCUT2D eigenvalue weighted by Gasteiger charge is -2.27. The highest BCUT2D eigenvalue weighted by molar-refractivity contribution is 6.11. The van der Waals surface area contributed by atoms with Gasteiger partial charge in [0, 0.05) is 68.8 Å². The molecule has 1 aromatic heterocycles. The van der Waals surface area contributed by atoms with Gasteiger partial charge in [-0.15, -0.1) is 0 Å². The van der Waals surface area contributed by atoms with Gasteiger partial charge in [-0.05, 0) is 67.3 Å². The number of allylic oxidation sites excluding steroid dienone is 2. The molecule has 2 heterocycles. The summed E-state index contributed by atoms with van der Waals surface area (Å²) in [5.74, 6) is 0.268. The van der Waals surface area contributed by atoms with Crippen molar-refractivity contribution in [2.24, 2.45) is 7.05 Å². The predicted octanol–water partition coefficient (Wildman–Crippen LogP) is 4.99. The first-order valence-electron chi connectivity index (χ1n) is 13.8. The van der Waals surface area contributed by atoms with Crippen LogP contribution in [-0.4, -0.2) is 73.6 Å². The Balaban J connectivity index is 1.39. The fraction of sp³-hybridized carbons (Fsp3) is 0.375. The van der Waals surface area contributed by atoms with Crippen LogP contribution in [0, 0.1) is 0 Å². The molecule has 7 nitrogen and oxygen atoms in total. The summed E-state index contributed by atoms with van der Waals surface area (Å²) >= 11 is 0. The van der Waals surface area contributed by atoms with E-state index in [-0.39, 0.29) is 18.0 Å². The van der Waals surface area contributed by atoms with Crippen LogP contribution in [0.5, 0.6) is 5.75 Å². The van der Waals surface area contributed by atoms with Crippen LogP contribution in [0.25, 0.3) is 23.1 Å². The lowest BCUT2D eigenvalue weighted by Crippen LogP contribution is -2.38. The molecule has 0 bridgehead atoms. The van der Waals surface area contributed by atoms with Crippen molar-refractivity contribution in [3.05, 3.63) is 71.9 Å². The SMILES string of the molecule is CCN(CC)c1ccc(/C=C/C(=O)CC(=O)/C=C/c2ccc3ccn(C)c3c2)c(OCCN2CCOCC2)c1. The fourth-order valence-electron chi connectivity index (χ4n) is 4.73. The van der Waals surface area contributed by atoms with Gasteiger partial charge in [-0.25, -0.2) is 0 Å². The number of morpholine rings is 1. The third-order valence-corrected chi connectivity index (χ3v) is 7.07. The highest BCUT2D eigenvalue weighted by Gasteiger charge is 2.12. The second kappa shape index (κ2) is 13.9. The first-order valence-corrected chi connectivity index (χ1v) is 13.8. The molecule has 1 saturated heterocycles. The number of rotatable bonds is 13. The Morgan fingerprint density at radius 1 is 0.974 bits per heavy atom. The van der Waals surface area contributed by atoms with E-state index in [0.29, 0.717) is 6.61 Å². The zero-order chi connectivity index (χ0) is 27.6. The largest absolute Gasteiger partial charge is 0.492 e. The number of ketones is 2. The van der Waals surface area contributed by atoms with Crippen molar-refractivity contribution in [2.45, 2.75) is 20.3 Å². The number of fused-ring (bicyclic) bond motifs is 1. The van der Waals surface area contributed by atoms with Crippen LogP contribution in [0.3, 0.4) is 0 Å². The average molecular weight is 530 g/mol. The van der Waals surface area contributed by atoms with E-state index in [2.05, 4.69) is 29.7 Å². The Kier molecular flexibility index (Phi) is 10.1. The van der Waals surface area contributed by atoms with Gasteiger partial charge in [0.05, 0.1) is 19.6 Å². The molecule has 39 heavy (non-hydrogen) atoms. The molecule has 0 atom stereocenters. The molecule has 0 aliphatic carbocycles. The van der Waals surface area contributed by atoms with Crippen LogP contribution >= 0.6 is 0 Å². The third-order valence-electron chi connectivity index (χ3n) is 7.07. The van der Waals surface area contributed by atoms with Crippen LogP contribution in [0.1, 0.15) is 31.4 Å². The molecule has 0 unspecified atom stereocenters. The minimum absolute atomic E-state index is 0.176. The number of hydrogen-bond donors (Lipinski definition) is 0. The molecule has 1 fully saturated rings. The van der Waals surface area contributed by atoms with Crippen molar-refractivity contribution in [3.63, 3.8) is 0 Å². The lowest BCUT2D eigenvalue weighted by atomic mass is 10.1. The van der Waals surface area contributed by atoms with Crippen molar-refractivity contribution >= 4 is 40.3 Å². The first-order chi connectivity index (χ1) is 19.0. The van der Waals surface area contributed by atoms with E-state index in [1.54, 1.807) is 12.2 Å². The standard InChI is InChI=1S/C32H39N3O4/c1-4-35(5-2)28-11-9-27(32(23-28)39-21-18-34-16-19-38-20-17-34)10-13-30(37)24-29(36)12-7-25-6-8-26-14-15-33(3)31(26)22-25/h6-15,22-23H,4-5,16-21,24H2,1-3H3/b12-7+,13-10+. The molecule has 0 spiro atoms. The second-order valence-electron chi connectivity index (χ2n) is 9.72. The minimum atomic E-state index is -0.241. The summed E-state index contributed by atoms with van der Waals surface area (Å²) in [4.78, 5) is 29.7. The molecule has 1 aliphatic heterocycles. The fourth-order valence-corrected chi connectivity index (χ4v) is 4.73. The third kappa shape index (κ3) is 7.91. The van der Waals surface area contributed by atoms with Gasteiger partial charge in [-0.2, -0.15) is 0 Å². The molecule has 1 aliphatic rings. The van der Waals surface area contributed by atoms with Crippen molar-refractivity contribution in [1.29, 1.82) is 0 Å². The lowest BCUT2D eigenvalue weighted by molar-refractivity contribution is -0.121. The molecule has 0 amide bonds. The van der Waals surface area contributed by atoms with Gasteiger partial charge in [0.1, 0.15) is 12.4 Å². The molecular formula is C32H39N3O4.